The molecule has 0 aliphatic heterocycles. The van der Waals surface area contributed by atoms with E-state index >= 15 is 0 Å². The minimum Gasteiger partial charge on any atom is -0.462 e. The van der Waals surface area contributed by atoms with Gasteiger partial charge in [0.15, 0.2) is 12.2 Å². The summed E-state index contributed by atoms with van der Waals surface area (Å²) in [5, 5.41) is 10.6. The number of carbonyl (C=O) groups is 4. The van der Waals surface area contributed by atoms with Gasteiger partial charge in [-0.05, 0) is 89.9 Å². The van der Waals surface area contributed by atoms with Crippen molar-refractivity contribution in [2.24, 2.45) is 0 Å². The molecule has 0 heterocycles. The Bertz CT molecular complexity index is 2040. The predicted octanol–water partition coefficient (Wildman–Crippen LogP) is 20.1. The molecular formula is C73H130O17P2. The van der Waals surface area contributed by atoms with Crippen LogP contribution in [0, 0.1) is 0 Å². The highest BCUT2D eigenvalue weighted by Gasteiger charge is 2.30. The second-order valence-electron chi connectivity index (χ2n) is 24.2. The van der Waals surface area contributed by atoms with E-state index in [2.05, 4.69) is 101 Å². The molecule has 0 aromatic heterocycles. The van der Waals surface area contributed by atoms with Gasteiger partial charge in [-0.3, -0.25) is 37.3 Å². The molecule has 5 unspecified atom stereocenters. The third kappa shape index (κ3) is 65.2. The van der Waals surface area contributed by atoms with Gasteiger partial charge in [-0.15, -0.1) is 0 Å². The van der Waals surface area contributed by atoms with Crippen LogP contribution in [-0.2, 0) is 65.4 Å². The maximum Gasteiger partial charge on any atom is 0.472 e. The standard InChI is InChI=1S/C73H130O17P2/c1-5-9-13-17-21-25-29-31-32-33-34-36-40-42-46-50-54-58-71(76)84-64-69(90-73(78)60-56-52-48-44-38-28-24-20-16-12-8-4)66-88-92(81,82)86-62-67(74)61-85-91(79,80)87-65-68(89-72(77)59-55-51-47-43-37-27-23-19-15-11-7-3)63-83-70(75)57-53-49-45-41-39-35-30-26-22-18-14-10-6-2/h9,13-14,18,21,25-26,30-32,34,36,67-69,74H,5-8,10-12,15-17,19-20,22-24,27-29,33,35,37-66H2,1-4H3,(H,79,80)(H,81,82)/b13-9-,18-14-,25-21-,30-26-,32-31-,36-34-. The second kappa shape index (κ2) is 66.1. The molecule has 3 N–H and O–H groups in total. The minimum atomic E-state index is -4.97. The Morgan fingerprint density at radius 3 is 0.913 bits per heavy atom. The fourth-order valence-electron chi connectivity index (χ4n) is 9.66. The molecule has 0 saturated heterocycles. The summed E-state index contributed by atoms with van der Waals surface area (Å²) in [6.07, 6.45) is 63.4. The molecule has 0 aromatic rings. The van der Waals surface area contributed by atoms with Crippen LogP contribution in [0.25, 0.3) is 0 Å². The molecule has 17 nitrogen and oxygen atoms in total. The third-order valence-electron chi connectivity index (χ3n) is 15.2. The zero-order valence-electron chi connectivity index (χ0n) is 58.0. The smallest absolute Gasteiger partial charge is 0.462 e. The van der Waals surface area contributed by atoms with Gasteiger partial charge in [-0.2, -0.15) is 0 Å². The molecule has 0 fully saturated rings. The van der Waals surface area contributed by atoms with Gasteiger partial charge in [0.25, 0.3) is 0 Å². The topological polar surface area (TPSA) is 237 Å². The molecule has 0 spiro atoms. The Balaban J connectivity index is 5.30. The van der Waals surface area contributed by atoms with E-state index in [-0.39, 0.29) is 25.7 Å². The quantitative estimate of drug-likeness (QED) is 0.0169. The van der Waals surface area contributed by atoms with Gasteiger partial charge in [0.05, 0.1) is 26.4 Å². The lowest BCUT2D eigenvalue weighted by Gasteiger charge is -2.21. The number of hydrogen-bond acceptors (Lipinski definition) is 15. The third-order valence-corrected chi connectivity index (χ3v) is 17.1. The molecule has 19 heteroatoms. The van der Waals surface area contributed by atoms with Crippen molar-refractivity contribution in [1.29, 1.82) is 0 Å². The maximum absolute atomic E-state index is 13.0. The van der Waals surface area contributed by atoms with Crippen molar-refractivity contribution in [2.75, 3.05) is 39.6 Å². The van der Waals surface area contributed by atoms with Crippen LogP contribution in [0.2, 0.25) is 0 Å². The summed E-state index contributed by atoms with van der Waals surface area (Å²) in [5.74, 6) is -2.20. The van der Waals surface area contributed by atoms with Crippen molar-refractivity contribution in [1.82, 2.24) is 0 Å². The number of phosphoric acid groups is 2. The van der Waals surface area contributed by atoms with Gasteiger partial charge < -0.3 is 33.8 Å². The van der Waals surface area contributed by atoms with Crippen molar-refractivity contribution >= 4 is 39.5 Å². The van der Waals surface area contributed by atoms with Crippen LogP contribution in [0.1, 0.15) is 310 Å². The normalized spacial score (nSPS) is 14.5. The first-order chi connectivity index (χ1) is 44.7. The molecule has 0 bridgehead atoms. The van der Waals surface area contributed by atoms with E-state index in [0.29, 0.717) is 25.7 Å². The van der Waals surface area contributed by atoms with E-state index in [1.165, 1.54) is 77.0 Å². The Hall–Kier alpha value is -3.50. The Morgan fingerprint density at radius 2 is 0.587 bits per heavy atom. The van der Waals surface area contributed by atoms with E-state index in [1.54, 1.807) is 0 Å². The summed E-state index contributed by atoms with van der Waals surface area (Å²) in [4.78, 5) is 72.6. The van der Waals surface area contributed by atoms with Crippen LogP contribution in [0.15, 0.2) is 72.9 Å². The van der Waals surface area contributed by atoms with Crippen LogP contribution in [0.4, 0.5) is 0 Å². The van der Waals surface area contributed by atoms with Crippen LogP contribution in [-0.4, -0.2) is 96.7 Å². The molecule has 0 rings (SSSR count). The van der Waals surface area contributed by atoms with Gasteiger partial charge in [0.2, 0.25) is 0 Å². The monoisotopic (exact) mass is 1340 g/mol. The molecule has 534 valence electrons. The van der Waals surface area contributed by atoms with Crippen LogP contribution >= 0.6 is 15.6 Å². The Morgan fingerprint density at radius 1 is 0.315 bits per heavy atom. The zero-order chi connectivity index (χ0) is 67.5. The van der Waals surface area contributed by atoms with Crippen LogP contribution in [0.3, 0.4) is 0 Å². The lowest BCUT2D eigenvalue weighted by atomic mass is 10.1. The second-order valence-corrected chi connectivity index (χ2v) is 27.1. The molecular weight excluding hydrogens is 1210 g/mol. The Labute approximate surface area is 558 Å². The number of hydrogen-bond donors (Lipinski definition) is 3. The lowest BCUT2D eigenvalue weighted by molar-refractivity contribution is -0.161. The lowest BCUT2D eigenvalue weighted by Crippen LogP contribution is -2.30. The average Bonchev–Trinajstić information content (AvgIpc) is 2.31. The number of allylic oxidation sites excluding steroid dienone is 12. The molecule has 0 aromatic carbocycles. The van der Waals surface area contributed by atoms with Gasteiger partial charge in [-0.25, -0.2) is 9.13 Å². The first-order valence-corrected chi connectivity index (χ1v) is 39.2. The van der Waals surface area contributed by atoms with E-state index < -0.39 is 97.5 Å². The number of carbonyl (C=O) groups excluding carboxylic acids is 4. The number of ether oxygens (including phenoxy) is 4. The molecule has 0 amide bonds. The summed E-state index contributed by atoms with van der Waals surface area (Å²) in [7, 11) is -9.93. The van der Waals surface area contributed by atoms with E-state index in [9.17, 15) is 43.2 Å². The van der Waals surface area contributed by atoms with Gasteiger partial charge in [0, 0.05) is 25.7 Å². The number of unbranched alkanes of at least 4 members (excludes halogenated alkanes) is 30. The molecule has 0 aliphatic rings. The van der Waals surface area contributed by atoms with Gasteiger partial charge >= 0.3 is 39.5 Å². The van der Waals surface area contributed by atoms with Gasteiger partial charge in [0.1, 0.15) is 19.3 Å². The number of rotatable bonds is 68. The summed E-state index contributed by atoms with van der Waals surface area (Å²) < 4.78 is 68.2. The van der Waals surface area contributed by atoms with E-state index in [1.807, 2.05) is 0 Å². The molecule has 0 aliphatic carbocycles. The first kappa shape index (κ1) is 88.5. The fraction of sp³-hybridized carbons (Fsp3) is 0.781. The van der Waals surface area contributed by atoms with Crippen LogP contribution in [0.5, 0.6) is 0 Å². The summed E-state index contributed by atoms with van der Waals surface area (Å²) >= 11 is 0. The zero-order valence-corrected chi connectivity index (χ0v) is 59.8. The first-order valence-electron chi connectivity index (χ1n) is 36.2. The van der Waals surface area contributed by atoms with Crippen molar-refractivity contribution < 1.29 is 80.2 Å². The van der Waals surface area contributed by atoms with Crippen molar-refractivity contribution in [2.45, 2.75) is 329 Å². The largest absolute Gasteiger partial charge is 0.472 e. The molecule has 0 radical (unpaired) electrons. The Kier molecular flexibility index (Phi) is 63.6. The highest BCUT2D eigenvalue weighted by atomic mass is 31.2. The summed E-state index contributed by atoms with van der Waals surface area (Å²) in [6, 6.07) is 0. The number of aliphatic hydroxyl groups excluding tert-OH is 1. The van der Waals surface area contributed by atoms with Crippen LogP contribution < -0.4 is 0 Å². The van der Waals surface area contributed by atoms with E-state index in [0.717, 1.165) is 154 Å². The van der Waals surface area contributed by atoms with Gasteiger partial charge in [-0.1, -0.05) is 268 Å². The molecule has 0 saturated carbocycles. The molecule has 5 atom stereocenters. The number of aliphatic hydroxyl groups is 1. The summed E-state index contributed by atoms with van der Waals surface area (Å²) in [6.45, 7) is 4.65. The maximum atomic E-state index is 13.0. The summed E-state index contributed by atoms with van der Waals surface area (Å²) in [5.41, 5.74) is 0. The highest BCUT2D eigenvalue weighted by Crippen LogP contribution is 2.45. The minimum absolute atomic E-state index is 0.0934. The van der Waals surface area contributed by atoms with Crippen molar-refractivity contribution in [3.05, 3.63) is 72.9 Å². The SMILES string of the molecule is CC/C=C\C/C=C\C/C=C\C/C=C\CCCCCCC(=O)OCC(COP(=O)(O)OCC(O)COP(=O)(O)OCC(COC(=O)CCCCCCC/C=C\C/C=C\CCC)OC(=O)CCCCCCCCCCCCC)OC(=O)CCCCCCCCCCCCC. The van der Waals surface area contributed by atoms with E-state index in [4.69, 9.17) is 37.0 Å². The predicted molar refractivity (Wildman–Crippen MR) is 372 cm³/mol. The number of phosphoric ester groups is 2. The highest BCUT2D eigenvalue weighted by molar-refractivity contribution is 7.47. The average molecular weight is 1340 g/mol. The number of esters is 4. The molecule has 92 heavy (non-hydrogen) atoms. The van der Waals surface area contributed by atoms with Crippen molar-refractivity contribution in [3.8, 4) is 0 Å². The van der Waals surface area contributed by atoms with Crippen molar-refractivity contribution in [3.63, 3.8) is 0 Å². The fourth-order valence-corrected chi connectivity index (χ4v) is 11.2.